The maximum Gasteiger partial charge on any atom is 0.339 e. The fourth-order valence-corrected chi connectivity index (χ4v) is 3.36. The van der Waals surface area contributed by atoms with E-state index in [0.717, 1.165) is 6.42 Å². The van der Waals surface area contributed by atoms with Crippen LogP contribution >= 0.6 is 0 Å². The maximum atomic E-state index is 12.2. The van der Waals surface area contributed by atoms with Crippen LogP contribution in [0.4, 0.5) is 0 Å². The van der Waals surface area contributed by atoms with Gasteiger partial charge in [-0.25, -0.2) is 9.78 Å². The summed E-state index contributed by atoms with van der Waals surface area (Å²) in [5.74, 6) is -2.16. The van der Waals surface area contributed by atoms with Gasteiger partial charge in [0.25, 0.3) is 11.8 Å². The summed E-state index contributed by atoms with van der Waals surface area (Å²) >= 11 is 0. The van der Waals surface area contributed by atoms with Gasteiger partial charge in [0, 0.05) is 38.7 Å². The van der Waals surface area contributed by atoms with Gasteiger partial charge in [-0.05, 0) is 18.6 Å². The quantitative estimate of drug-likeness (QED) is 0.743. The Morgan fingerprint density at radius 2 is 1.93 bits per heavy atom. The van der Waals surface area contributed by atoms with Gasteiger partial charge in [-0.3, -0.25) is 14.6 Å². The van der Waals surface area contributed by atoms with E-state index in [9.17, 15) is 24.6 Å². The number of phenols is 1. The number of hydrogen-bond donors (Lipinski definition) is 2. The highest BCUT2D eigenvalue weighted by Gasteiger charge is 2.31. The zero-order chi connectivity index (χ0) is 21.4. The van der Waals surface area contributed by atoms with Crippen molar-refractivity contribution in [3.05, 3.63) is 35.8 Å². The number of carboxylic acids is 1. The molecule has 3 heterocycles. The number of likely N-dealkylation sites (N-methyl/N-ethyl adjacent to an activating group) is 1. The van der Waals surface area contributed by atoms with Gasteiger partial charge >= 0.3 is 5.97 Å². The number of hydrogen-bond acceptors (Lipinski definition) is 7. The minimum Gasteiger partial charge on any atom is -0.506 e. The summed E-state index contributed by atoms with van der Waals surface area (Å²) in [6, 6.07) is 2.58. The normalized spacial score (nSPS) is 18.3. The smallest absolute Gasteiger partial charge is 0.339 e. The SMILES string of the molecule is CN1CC[C@H](Oc2cc(C(=O)O)c(O)c(-c3cnc(C(=O)N4CCC4)cn3)c2)C1=O. The Kier molecular flexibility index (Phi) is 4.98. The molecule has 4 rings (SSSR count). The zero-order valence-electron chi connectivity index (χ0n) is 16.2. The lowest BCUT2D eigenvalue weighted by Gasteiger charge is -2.30. The van der Waals surface area contributed by atoms with E-state index < -0.39 is 17.8 Å². The van der Waals surface area contributed by atoms with Crippen LogP contribution in [0.3, 0.4) is 0 Å². The molecule has 0 aliphatic carbocycles. The lowest BCUT2D eigenvalue weighted by Crippen LogP contribution is -2.42. The predicted molar refractivity (Wildman–Crippen MR) is 103 cm³/mol. The second-order valence-corrected chi connectivity index (χ2v) is 7.26. The third-order valence-electron chi connectivity index (χ3n) is 5.26. The predicted octanol–water partition coefficient (Wildman–Crippen LogP) is 1.00. The summed E-state index contributed by atoms with van der Waals surface area (Å²) in [4.78, 5) is 47.4. The Bertz CT molecular complexity index is 1020. The Morgan fingerprint density at radius 1 is 1.17 bits per heavy atom. The van der Waals surface area contributed by atoms with Crippen molar-refractivity contribution >= 4 is 17.8 Å². The van der Waals surface area contributed by atoms with E-state index in [1.807, 2.05) is 0 Å². The topological polar surface area (TPSA) is 133 Å². The second-order valence-electron chi connectivity index (χ2n) is 7.26. The van der Waals surface area contributed by atoms with Gasteiger partial charge < -0.3 is 24.7 Å². The van der Waals surface area contributed by atoms with Crippen molar-refractivity contribution in [3.8, 4) is 22.8 Å². The highest BCUT2D eigenvalue weighted by molar-refractivity contribution is 5.95. The van der Waals surface area contributed by atoms with Gasteiger partial charge in [0.2, 0.25) is 0 Å². The molecule has 0 saturated carbocycles. The molecule has 10 nitrogen and oxygen atoms in total. The Hall–Kier alpha value is -3.69. The van der Waals surface area contributed by atoms with Gasteiger partial charge in [-0.1, -0.05) is 0 Å². The van der Waals surface area contributed by atoms with Crippen molar-refractivity contribution < 1.29 is 29.3 Å². The first kappa shape index (κ1) is 19.6. The Balaban J connectivity index is 1.66. The number of carboxylic acid groups (broad SMARTS) is 1. The third-order valence-corrected chi connectivity index (χ3v) is 5.26. The van der Waals surface area contributed by atoms with Crippen molar-refractivity contribution in [2.45, 2.75) is 18.9 Å². The summed E-state index contributed by atoms with van der Waals surface area (Å²) in [6.07, 6.45) is 3.29. The van der Waals surface area contributed by atoms with Crippen LogP contribution in [0.5, 0.6) is 11.5 Å². The molecule has 1 aromatic heterocycles. The summed E-state index contributed by atoms with van der Waals surface area (Å²) in [5.41, 5.74) is 0.0434. The monoisotopic (exact) mass is 412 g/mol. The fourth-order valence-electron chi connectivity index (χ4n) is 3.36. The van der Waals surface area contributed by atoms with E-state index in [0.29, 0.717) is 26.1 Å². The average molecular weight is 412 g/mol. The van der Waals surface area contributed by atoms with Crippen molar-refractivity contribution in [1.29, 1.82) is 0 Å². The van der Waals surface area contributed by atoms with Crippen LogP contribution in [0.25, 0.3) is 11.3 Å². The number of aromatic hydroxyl groups is 1. The first-order chi connectivity index (χ1) is 14.3. The van der Waals surface area contributed by atoms with E-state index in [-0.39, 0.29) is 40.1 Å². The molecule has 2 N–H and O–H groups in total. The summed E-state index contributed by atoms with van der Waals surface area (Å²) in [5, 5.41) is 19.9. The van der Waals surface area contributed by atoms with Gasteiger partial charge in [-0.15, -0.1) is 0 Å². The molecule has 10 heteroatoms. The molecule has 30 heavy (non-hydrogen) atoms. The minimum atomic E-state index is -1.35. The largest absolute Gasteiger partial charge is 0.506 e. The average Bonchev–Trinajstić information content (AvgIpc) is 3.00. The number of aromatic nitrogens is 2. The number of likely N-dealkylation sites (tertiary alicyclic amines) is 2. The van der Waals surface area contributed by atoms with Crippen LogP contribution in [0, 0.1) is 0 Å². The number of carbonyl (C=O) groups is 3. The second kappa shape index (κ2) is 7.62. The van der Waals surface area contributed by atoms with Crippen LogP contribution in [0.1, 0.15) is 33.7 Å². The lowest BCUT2D eigenvalue weighted by molar-refractivity contribution is -0.132. The molecule has 2 saturated heterocycles. The molecule has 2 aliphatic rings. The number of aromatic carboxylic acids is 1. The summed E-state index contributed by atoms with van der Waals surface area (Å²) in [6.45, 7) is 1.90. The minimum absolute atomic E-state index is 0.0825. The van der Waals surface area contributed by atoms with Gasteiger partial charge in [0.15, 0.2) is 6.10 Å². The molecule has 0 radical (unpaired) electrons. The van der Waals surface area contributed by atoms with E-state index in [2.05, 4.69) is 9.97 Å². The summed E-state index contributed by atoms with van der Waals surface area (Å²) < 4.78 is 5.71. The van der Waals surface area contributed by atoms with Crippen molar-refractivity contribution in [1.82, 2.24) is 19.8 Å². The number of benzene rings is 1. The molecule has 2 aliphatic heterocycles. The number of amides is 2. The molecular weight excluding hydrogens is 392 g/mol. The first-order valence-corrected chi connectivity index (χ1v) is 9.49. The molecule has 156 valence electrons. The standard InChI is InChI=1S/C20H20N4O6/c1-23-6-3-16(19(23)27)30-11-7-12(17(25)13(8-11)20(28)29)14-9-22-15(10-21-14)18(26)24-4-2-5-24/h7-10,16,25H,2-6H2,1H3,(H,28,29)/t16-/m0/s1. The first-order valence-electron chi connectivity index (χ1n) is 9.49. The van der Waals surface area contributed by atoms with E-state index in [4.69, 9.17) is 4.74 Å². The number of carbonyl (C=O) groups excluding carboxylic acids is 2. The molecular formula is C20H20N4O6. The van der Waals surface area contributed by atoms with Crippen molar-refractivity contribution in [2.24, 2.45) is 0 Å². The number of rotatable bonds is 5. The summed E-state index contributed by atoms with van der Waals surface area (Å²) in [7, 11) is 1.66. The van der Waals surface area contributed by atoms with Crippen molar-refractivity contribution in [3.63, 3.8) is 0 Å². The van der Waals surface area contributed by atoms with Crippen molar-refractivity contribution in [2.75, 3.05) is 26.7 Å². The van der Waals surface area contributed by atoms with Crippen LogP contribution in [-0.2, 0) is 4.79 Å². The van der Waals surface area contributed by atoms with Gasteiger partial charge in [0.1, 0.15) is 22.8 Å². The van der Waals surface area contributed by atoms with E-state index >= 15 is 0 Å². The lowest BCUT2D eigenvalue weighted by atomic mass is 10.1. The Labute approximate surface area is 171 Å². The fraction of sp³-hybridized carbons (Fsp3) is 0.350. The molecule has 0 unspecified atom stereocenters. The van der Waals surface area contributed by atoms with E-state index in [1.54, 1.807) is 11.9 Å². The van der Waals surface area contributed by atoms with Crippen LogP contribution in [0.15, 0.2) is 24.5 Å². The zero-order valence-corrected chi connectivity index (χ0v) is 16.2. The number of ether oxygens (including phenoxy) is 1. The molecule has 2 amide bonds. The highest BCUT2D eigenvalue weighted by Crippen LogP contribution is 2.36. The molecule has 0 spiro atoms. The van der Waals surface area contributed by atoms with Gasteiger partial charge in [0.05, 0.1) is 18.1 Å². The molecule has 1 aromatic carbocycles. The number of nitrogens with zero attached hydrogens (tertiary/aromatic N) is 4. The van der Waals surface area contributed by atoms with Crippen LogP contribution in [0.2, 0.25) is 0 Å². The molecule has 2 fully saturated rings. The van der Waals surface area contributed by atoms with Gasteiger partial charge in [-0.2, -0.15) is 0 Å². The van der Waals surface area contributed by atoms with Crippen LogP contribution in [-0.4, -0.2) is 80.6 Å². The molecule has 0 bridgehead atoms. The maximum absolute atomic E-state index is 12.2. The van der Waals surface area contributed by atoms with Crippen LogP contribution < -0.4 is 4.74 Å². The van der Waals surface area contributed by atoms with E-state index in [1.165, 1.54) is 29.4 Å². The molecule has 2 aromatic rings. The third kappa shape index (κ3) is 3.51. The highest BCUT2D eigenvalue weighted by atomic mass is 16.5. The molecule has 1 atom stereocenters. The Morgan fingerprint density at radius 3 is 2.47 bits per heavy atom.